The molecule has 4 heteroatoms. The molecular weight excluding hydrogens is 380 g/mol. The lowest BCUT2D eigenvalue weighted by Gasteiger charge is -2.16. The molecule has 0 saturated carbocycles. The van der Waals surface area contributed by atoms with E-state index in [-0.39, 0.29) is 18.4 Å². The van der Waals surface area contributed by atoms with Gasteiger partial charge in [-0.05, 0) is 60.7 Å². The number of hydrogen-bond donors (Lipinski definition) is 1. The fraction of sp³-hybridized carbons (Fsp3) is 0.286. The zero-order valence-corrected chi connectivity index (χ0v) is 15.5. The molecule has 0 unspecified atom stereocenters. The van der Waals surface area contributed by atoms with E-state index in [1.807, 2.05) is 30.3 Å². The molecule has 0 spiro atoms. The Hall–Kier alpha value is -2.25. The van der Waals surface area contributed by atoms with Gasteiger partial charge in [0, 0.05) is 4.47 Å². The lowest BCUT2D eigenvalue weighted by atomic mass is 9.96. The summed E-state index contributed by atoms with van der Waals surface area (Å²) in [5.74, 6) is 5.44. The normalized spacial score (nSPS) is 16.5. The second-order valence-corrected chi connectivity index (χ2v) is 7.02. The van der Waals surface area contributed by atoms with Crippen LogP contribution in [0.2, 0.25) is 0 Å². The third-order valence-corrected chi connectivity index (χ3v) is 4.88. The third kappa shape index (κ3) is 4.24. The Morgan fingerprint density at radius 3 is 2.76 bits per heavy atom. The van der Waals surface area contributed by atoms with E-state index in [9.17, 15) is 4.79 Å². The van der Waals surface area contributed by atoms with Gasteiger partial charge in [0.25, 0.3) is 0 Å². The van der Waals surface area contributed by atoms with Crippen molar-refractivity contribution in [3.63, 3.8) is 0 Å². The molecule has 3 nitrogen and oxygen atoms in total. The molecule has 2 atom stereocenters. The highest BCUT2D eigenvalue weighted by atomic mass is 79.9. The Labute approximate surface area is 156 Å². The van der Waals surface area contributed by atoms with Crippen molar-refractivity contribution in [1.82, 2.24) is 0 Å². The lowest BCUT2D eigenvalue weighted by molar-refractivity contribution is -0.137. The molecule has 1 N–H and O–H groups in total. The molecule has 128 valence electrons. The van der Waals surface area contributed by atoms with Gasteiger partial charge in [-0.25, -0.2) is 0 Å². The number of aliphatic carboxylic acids is 1. The molecule has 0 heterocycles. The molecule has 0 aliphatic heterocycles. The lowest BCUT2D eigenvalue weighted by Crippen LogP contribution is -2.06. The molecular formula is C21H19BrO3. The van der Waals surface area contributed by atoms with Crippen molar-refractivity contribution in [3.8, 4) is 17.6 Å². The average Bonchev–Trinajstić information content (AvgIpc) is 2.97. The standard InChI is InChI=1S/C21H19BrO3/c1-2-3-15(13-21(23)24)14-4-8-18(9-5-14)25-20-11-6-16-12-17(22)7-10-19(16)20/h4-5,7-10,12,15,20H,6,11,13H2,1H3,(H,23,24)/t15-,20+/m0/s1. The largest absolute Gasteiger partial charge is 0.486 e. The molecule has 2 aromatic carbocycles. The van der Waals surface area contributed by atoms with Gasteiger partial charge in [-0.15, -0.1) is 5.92 Å². The first-order chi connectivity index (χ1) is 12.1. The van der Waals surface area contributed by atoms with Crippen molar-refractivity contribution >= 4 is 21.9 Å². The van der Waals surface area contributed by atoms with Gasteiger partial charge in [0.15, 0.2) is 0 Å². The predicted molar refractivity (Wildman–Crippen MR) is 101 cm³/mol. The zero-order chi connectivity index (χ0) is 17.8. The van der Waals surface area contributed by atoms with E-state index in [1.54, 1.807) is 6.92 Å². The summed E-state index contributed by atoms with van der Waals surface area (Å²) in [4.78, 5) is 11.0. The van der Waals surface area contributed by atoms with Gasteiger partial charge in [-0.3, -0.25) is 4.79 Å². The SMILES string of the molecule is CC#C[C@@H](CC(=O)O)c1ccc(O[C@@H]2CCc3cc(Br)ccc32)cc1. The fourth-order valence-electron chi connectivity index (χ4n) is 3.21. The summed E-state index contributed by atoms with van der Waals surface area (Å²) in [5, 5.41) is 9.03. The molecule has 0 saturated heterocycles. The topological polar surface area (TPSA) is 46.5 Å². The van der Waals surface area contributed by atoms with Crippen LogP contribution in [0.3, 0.4) is 0 Å². The summed E-state index contributed by atoms with van der Waals surface area (Å²) in [6.45, 7) is 1.72. The summed E-state index contributed by atoms with van der Waals surface area (Å²) < 4.78 is 7.24. The zero-order valence-electron chi connectivity index (χ0n) is 14.0. The van der Waals surface area contributed by atoms with Gasteiger partial charge >= 0.3 is 5.97 Å². The minimum atomic E-state index is -0.846. The van der Waals surface area contributed by atoms with Crippen molar-refractivity contribution in [1.29, 1.82) is 0 Å². The van der Waals surface area contributed by atoms with Crippen LogP contribution in [0.4, 0.5) is 0 Å². The number of rotatable bonds is 5. The number of aryl methyl sites for hydroxylation is 1. The summed E-state index contributed by atoms with van der Waals surface area (Å²) in [6.07, 6.45) is 2.06. The number of fused-ring (bicyclic) bond motifs is 1. The molecule has 25 heavy (non-hydrogen) atoms. The first kappa shape index (κ1) is 17.6. The minimum Gasteiger partial charge on any atom is -0.486 e. The number of carboxylic acids is 1. The Bertz CT molecular complexity index is 830. The van der Waals surface area contributed by atoms with Gasteiger partial charge in [0.1, 0.15) is 11.9 Å². The van der Waals surface area contributed by atoms with Crippen LogP contribution in [-0.4, -0.2) is 11.1 Å². The van der Waals surface area contributed by atoms with E-state index in [0.717, 1.165) is 28.6 Å². The van der Waals surface area contributed by atoms with Crippen molar-refractivity contribution < 1.29 is 14.6 Å². The van der Waals surface area contributed by atoms with Crippen LogP contribution in [0.5, 0.6) is 5.75 Å². The van der Waals surface area contributed by atoms with Crippen LogP contribution in [0.1, 0.15) is 48.5 Å². The highest BCUT2D eigenvalue weighted by Crippen LogP contribution is 2.36. The van der Waals surface area contributed by atoms with Gasteiger partial charge < -0.3 is 9.84 Å². The fourth-order valence-corrected chi connectivity index (χ4v) is 3.62. The summed E-state index contributed by atoms with van der Waals surface area (Å²) in [5.41, 5.74) is 3.48. The van der Waals surface area contributed by atoms with Crippen LogP contribution in [0, 0.1) is 11.8 Å². The molecule has 0 amide bonds. The first-order valence-corrected chi connectivity index (χ1v) is 9.05. The first-order valence-electron chi connectivity index (χ1n) is 8.26. The number of ether oxygens (including phenoxy) is 1. The number of halogens is 1. The highest BCUT2D eigenvalue weighted by molar-refractivity contribution is 9.10. The van der Waals surface area contributed by atoms with E-state index in [4.69, 9.17) is 9.84 Å². The Balaban J connectivity index is 1.73. The van der Waals surface area contributed by atoms with Crippen LogP contribution < -0.4 is 4.74 Å². The Morgan fingerprint density at radius 2 is 2.08 bits per heavy atom. The van der Waals surface area contributed by atoms with Crippen LogP contribution in [-0.2, 0) is 11.2 Å². The summed E-state index contributed by atoms with van der Waals surface area (Å²) in [7, 11) is 0. The molecule has 0 fully saturated rings. The average molecular weight is 399 g/mol. The maximum Gasteiger partial charge on any atom is 0.304 e. The second kappa shape index (κ2) is 7.76. The molecule has 1 aliphatic carbocycles. The van der Waals surface area contributed by atoms with Gasteiger partial charge in [-0.2, -0.15) is 0 Å². The molecule has 2 aromatic rings. The van der Waals surface area contributed by atoms with E-state index in [0.29, 0.717) is 0 Å². The second-order valence-electron chi connectivity index (χ2n) is 6.10. The molecule has 1 aliphatic rings. The highest BCUT2D eigenvalue weighted by Gasteiger charge is 2.24. The molecule has 0 radical (unpaired) electrons. The monoisotopic (exact) mass is 398 g/mol. The number of benzene rings is 2. The maximum atomic E-state index is 11.0. The predicted octanol–water partition coefficient (Wildman–Crippen LogP) is 5.10. The van der Waals surface area contributed by atoms with Crippen molar-refractivity contribution in [2.75, 3.05) is 0 Å². The summed E-state index contributed by atoms with van der Waals surface area (Å²) >= 11 is 3.51. The Morgan fingerprint density at radius 1 is 1.32 bits per heavy atom. The van der Waals surface area contributed by atoms with Crippen molar-refractivity contribution in [2.24, 2.45) is 0 Å². The van der Waals surface area contributed by atoms with Crippen LogP contribution in [0.15, 0.2) is 46.9 Å². The smallest absolute Gasteiger partial charge is 0.304 e. The van der Waals surface area contributed by atoms with E-state index < -0.39 is 5.97 Å². The molecule has 0 aromatic heterocycles. The Kier molecular flexibility index (Phi) is 5.45. The number of carboxylic acid groups (broad SMARTS) is 1. The molecule has 3 rings (SSSR count). The van der Waals surface area contributed by atoms with E-state index in [1.165, 1.54) is 11.1 Å². The van der Waals surface area contributed by atoms with E-state index >= 15 is 0 Å². The molecule has 0 bridgehead atoms. The van der Waals surface area contributed by atoms with Gasteiger partial charge in [0.2, 0.25) is 0 Å². The van der Waals surface area contributed by atoms with Crippen molar-refractivity contribution in [3.05, 3.63) is 63.6 Å². The maximum absolute atomic E-state index is 11.0. The van der Waals surface area contributed by atoms with Crippen LogP contribution >= 0.6 is 15.9 Å². The quantitative estimate of drug-likeness (QED) is 0.712. The van der Waals surface area contributed by atoms with Gasteiger partial charge in [-0.1, -0.05) is 40.0 Å². The summed E-state index contributed by atoms with van der Waals surface area (Å²) in [6, 6.07) is 13.9. The van der Waals surface area contributed by atoms with Crippen LogP contribution in [0.25, 0.3) is 0 Å². The minimum absolute atomic E-state index is 0.00587. The third-order valence-electron chi connectivity index (χ3n) is 4.39. The number of hydrogen-bond acceptors (Lipinski definition) is 2. The van der Waals surface area contributed by atoms with Crippen molar-refractivity contribution in [2.45, 2.75) is 38.2 Å². The number of carbonyl (C=O) groups is 1. The van der Waals surface area contributed by atoms with E-state index in [2.05, 4.69) is 39.9 Å². The van der Waals surface area contributed by atoms with Gasteiger partial charge in [0.05, 0.1) is 12.3 Å².